The third-order valence-electron chi connectivity index (χ3n) is 5.48. The molecule has 0 bridgehead atoms. The molecule has 2 unspecified atom stereocenters. The molecule has 2 aliphatic heterocycles. The fourth-order valence-corrected chi connectivity index (χ4v) is 4.08. The zero-order chi connectivity index (χ0) is 17.2. The Morgan fingerprint density at radius 1 is 1.24 bits per heavy atom. The number of carbonyl (C=O) groups excluding carboxylic acids is 1. The molecule has 132 valence electrons. The van der Waals surface area contributed by atoms with Gasteiger partial charge >= 0.3 is 0 Å². The number of rotatable bonds is 4. The summed E-state index contributed by atoms with van der Waals surface area (Å²) < 4.78 is 2.00. The Bertz CT molecular complexity index is 739. The van der Waals surface area contributed by atoms with Crippen LogP contribution in [0.1, 0.15) is 41.4 Å². The monoisotopic (exact) mass is 338 g/mol. The van der Waals surface area contributed by atoms with Crippen molar-refractivity contribution < 1.29 is 4.79 Å². The molecule has 4 rings (SSSR count). The normalized spacial score (nSPS) is 23.4. The average molecular weight is 338 g/mol. The summed E-state index contributed by atoms with van der Waals surface area (Å²) in [6, 6.07) is 10.7. The first-order valence-corrected chi connectivity index (χ1v) is 9.32. The minimum Gasteiger partial charge on any atom is -0.348 e. The topological polar surface area (TPSA) is 50.2 Å². The number of aryl methyl sites for hydroxylation is 1. The van der Waals surface area contributed by atoms with Gasteiger partial charge in [0.15, 0.2) is 0 Å². The minimum absolute atomic E-state index is 0.0431. The highest BCUT2D eigenvalue weighted by molar-refractivity contribution is 5.95. The quantitative estimate of drug-likeness (QED) is 0.932. The van der Waals surface area contributed by atoms with Crippen LogP contribution in [0.4, 0.5) is 0 Å². The van der Waals surface area contributed by atoms with E-state index in [-0.39, 0.29) is 11.9 Å². The molecule has 25 heavy (non-hydrogen) atoms. The molecule has 3 heterocycles. The highest BCUT2D eigenvalue weighted by atomic mass is 16.1. The van der Waals surface area contributed by atoms with Gasteiger partial charge in [0.2, 0.25) is 0 Å². The van der Waals surface area contributed by atoms with Gasteiger partial charge in [-0.05, 0) is 30.7 Å². The maximum absolute atomic E-state index is 12.8. The van der Waals surface area contributed by atoms with E-state index in [1.165, 1.54) is 5.56 Å². The Balaban J connectivity index is 1.39. The lowest BCUT2D eigenvalue weighted by atomic mass is 10.0. The molecular formula is C20H26N4O. The van der Waals surface area contributed by atoms with Crippen molar-refractivity contribution in [1.82, 2.24) is 20.0 Å². The Labute approximate surface area is 149 Å². The third-order valence-corrected chi connectivity index (χ3v) is 5.48. The number of fused-ring (bicyclic) bond motifs is 1. The lowest BCUT2D eigenvalue weighted by Crippen LogP contribution is -2.40. The van der Waals surface area contributed by atoms with Gasteiger partial charge in [0.1, 0.15) is 0 Å². The van der Waals surface area contributed by atoms with E-state index in [0.29, 0.717) is 5.92 Å². The number of aromatic nitrogens is 2. The first kappa shape index (κ1) is 16.3. The standard InChI is InChI=1S/C20H26N4O/c1-15-12-23(13-16-7-3-2-4-8-16)14-18(15)22-20(25)17-11-21-24-10-6-5-9-19(17)24/h2-4,7-8,11,15,18H,5-6,9-10,12-14H2,1H3,(H,22,25). The largest absolute Gasteiger partial charge is 0.348 e. The fraction of sp³-hybridized carbons (Fsp3) is 0.500. The molecule has 0 aliphatic carbocycles. The Hall–Kier alpha value is -2.14. The maximum Gasteiger partial charge on any atom is 0.255 e. The maximum atomic E-state index is 12.8. The van der Waals surface area contributed by atoms with Crippen LogP contribution in [0.3, 0.4) is 0 Å². The predicted octanol–water partition coefficient (Wildman–Crippen LogP) is 2.47. The second-order valence-electron chi connectivity index (χ2n) is 7.42. The number of amides is 1. The zero-order valence-corrected chi connectivity index (χ0v) is 14.8. The molecule has 2 aromatic rings. The van der Waals surface area contributed by atoms with Crippen molar-refractivity contribution in [3.8, 4) is 0 Å². The Morgan fingerprint density at radius 2 is 2.08 bits per heavy atom. The molecule has 1 N–H and O–H groups in total. The minimum atomic E-state index is 0.0431. The molecule has 0 radical (unpaired) electrons. The van der Waals surface area contributed by atoms with Crippen molar-refractivity contribution >= 4 is 5.91 Å². The molecule has 5 heteroatoms. The van der Waals surface area contributed by atoms with E-state index in [4.69, 9.17) is 0 Å². The van der Waals surface area contributed by atoms with E-state index in [2.05, 4.69) is 46.5 Å². The summed E-state index contributed by atoms with van der Waals surface area (Å²) >= 11 is 0. The number of nitrogens with zero attached hydrogens (tertiary/aromatic N) is 3. The summed E-state index contributed by atoms with van der Waals surface area (Å²) in [6.45, 7) is 6.04. The van der Waals surface area contributed by atoms with Crippen LogP contribution < -0.4 is 5.32 Å². The fourth-order valence-electron chi connectivity index (χ4n) is 4.08. The molecule has 5 nitrogen and oxygen atoms in total. The highest BCUT2D eigenvalue weighted by Gasteiger charge is 2.31. The molecule has 1 fully saturated rings. The lowest BCUT2D eigenvalue weighted by molar-refractivity contribution is 0.0930. The van der Waals surface area contributed by atoms with Gasteiger partial charge in [-0.3, -0.25) is 14.4 Å². The van der Waals surface area contributed by atoms with Crippen molar-refractivity contribution in [3.05, 3.63) is 53.3 Å². The van der Waals surface area contributed by atoms with E-state index < -0.39 is 0 Å². The van der Waals surface area contributed by atoms with E-state index in [1.54, 1.807) is 6.20 Å². The van der Waals surface area contributed by atoms with Crippen LogP contribution in [0.5, 0.6) is 0 Å². The van der Waals surface area contributed by atoms with Crippen LogP contribution in [0, 0.1) is 5.92 Å². The SMILES string of the molecule is CC1CN(Cc2ccccc2)CC1NC(=O)c1cnn2c1CCCC2. The van der Waals surface area contributed by atoms with Crippen molar-refractivity contribution in [3.63, 3.8) is 0 Å². The van der Waals surface area contributed by atoms with Crippen molar-refractivity contribution in [1.29, 1.82) is 0 Å². The summed E-state index contributed by atoms with van der Waals surface area (Å²) in [5, 5.41) is 7.65. The molecule has 1 amide bonds. The van der Waals surface area contributed by atoms with Crippen LogP contribution in [0.25, 0.3) is 0 Å². The predicted molar refractivity (Wildman–Crippen MR) is 97.3 cm³/mol. The van der Waals surface area contributed by atoms with Gasteiger partial charge in [0.05, 0.1) is 17.5 Å². The van der Waals surface area contributed by atoms with E-state index in [9.17, 15) is 4.79 Å². The van der Waals surface area contributed by atoms with Gasteiger partial charge in [-0.25, -0.2) is 0 Å². The highest BCUT2D eigenvalue weighted by Crippen LogP contribution is 2.21. The summed E-state index contributed by atoms with van der Waals surface area (Å²) in [5.74, 6) is 0.501. The number of benzene rings is 1. The smallest absolute Gasteiger partial charge is 0.255 e. The van der Waals surface area contributed by atoms with Crippen LogP contribution in [0.15, 0.2) is 36.5 Å². The Kier molecular flexibility index (Phi) is 4.57. The van der Waals surface area contributed by atoms with Crippen LogP contribution >= 0.6 is 0 Å². The van der Waals surface area contributed by atoms with E-state index >= 15 is 0 Å². The van der Waals surface area contributed by atoms with E-state index in [0.717, 1.165) is 56.7 Å². The first-order chi connectivity index (χ1) is 12.2. The molecule has 0 saturated carbocycles. The Morgan fingerprint density at radius 3 is 2.92 bits per heavy atom. The molecule has 1 aromatic heterocycles. The molecule has 2 aliphatic rings. The number of carbonyl (C=O) groups is 1. The number of nitrogens with one attached hydrogen (secondary N) is 1. The van der Waals surface area contributed by atoms with E-state index in [1.807, 2.05) is 10.7 Å². The molecule has 2 atom stereocenters. The summed E-state index contributed by atoms with van der Waals surface area (Å²) in [5.41, 5.74) is 3.20. The van der Waals surface area contributed by atoms with Crippen molar-refractivity contribution in [2.24, 2.45) is 5.92 Å². The first-order valence-electron chi connectivity index (χ1n) is 9.32. The molecule has 0 spiro atoms. The molecular weight excluding hydrogens is 312 g/mol. The van der Waals surface area contributed by atoms with Gasteiger partial charge in [-0.15, -0.1) is 0 Å². The van der Waals surface area contributed by atoms with Gasteiger partial charge in [-0.1, -0.05) is 37.3 Å². The van der Waals surface area contributed by atoms with Gasteiger partial charge < -0.3 is 5.32 Å². The number of hydrogen-bond donors (Lipinski definition) is 1. The zero-order valence-electron chi connectivity index (χ0n) is 14.8. The number of likely N-dealkylation sites (tertiary alicyclic amines) is 1. The van der Waals surface area contributed by atoms with Crippen molar-refractivity contribution in [2.75, 3.05) is 13.1 Å². The van der Waals surface area contributed by atoms with Crippen LogP contribution in [-0.2, 0) is 19.5 Å². The summed E-state index contributed by atoms with van der Waals surface area (Å²) in [6.07, 6.45) is 5.01. The van der Waals surface area contributed by atoms with Crippen molar-refractivity contribution in [2.45, 2.75) is 45.3 Å². The summed E-state index contributed by atoms with van der Waals surface area (Å²) in [4.78, 5) is 15.2. The molecule has 1 saturated heterocycles. The third kappa shape index (κ3) is 3.47. The average Bonchev–Trinajstić information content (AvgIpc) is 3.19. The number of hydrogen-bond acceptors (Lipinski definition) is 3. The van der Waals surface area contributed by atoms with Crippen LogP contribution in [-0.4, -0.2) is 39.7 Å². The van der Waals surface area contributed by atoms with Crippen LogP contribution in [0.2, 0.25) is 0 Å². The molecule has 1 aromatic carbocycles. The van der Waals surface area contributed by atoms with Gasteiger partial charge in [0, 0.05) is 32.2 Å². The van der Waals surface area contributed by atoms with Gasteiger partial charge in [-0.2, -0.15) is 5.10 Å². The lowest BCUT2D eigenvalue weighted by Gasteiger charge is -2.18. The summed E-state index contributed by atoms with van der Waals surface area (Å²) in [7, 11) is 0. The second-order valence-corrected chi connectivity index (χ2v) is 7.42. The van der Waals surface area contributed by atoms with Gasteiger partial charge in [0.25, 0.3) is 5.91 Å². The second kappa shape index (κ2) is 7.00.